The number of rotatable bonds is 4. The molecule has 0 radical (unpaired) electrons. The zero-order chi connectivity index (χ0) is 18.0. The molecule has 1 heterocycles. The first-order valence-corrected chi connectivity index (χ1v) is 9.28. The molecular weight excluding hydrogens is 332 g/mol. The zero-order valence-corrected chi connectivity index (χ0v) is 15.8. The second-order valence-electron chi connectivity index (χ2n) is 5.88. The second-order valence-corrected chi connectivity index (χ2v) is 6.86. The minimum Gasteiger partial charge on any atom is -0.494 e. The van der Waals surface area contributed by atoms with E-state index in [-0.39, 0.29) is 5.91 Å². The van der Waals surface area contributed by atoms with Crippen molar-refractivity contribution in [3.8, 4) is 5.75 Å². The van der Waals surface area contributed by atoms with Crippen molar-refractivity contribution in [1.29, 1.82) is 0 Å². The lowest BCUT2D eigenvalue weighted by Crippen LogP contribution is -2.16. The number of carbonyl (C=O) groups is 1. The standard InChI is InChI=1S/C20H22N2O2S/c1-5-22-17-13(3)7-8-14(4)18(17)25-20(22)21-19(23)15-9-11-16(12-10-15)24-6-2/h7-12H,5-6H2,1-4H3. The maximum atomic E-state index is 12.6. The Labute approximate surface area is 151 Å². The lowest BCUT2D eigenvalue weighted by atomic mass is 10.1. The van der Waals surface area contributed by atoms with E-state index in [4.69, 9.17) is 4.74 Å². The van der Waals surface area contributed by atoms with Crippen LogP contribution in [0.15, 0.2) is 41.4 Å². The molecule has 0 saturated heterocycles. The highest BCUT2D eigenvalue weighted by molar-refractivity contribution is 7.16. The predicted molar refractivity (Wildman–Crippen MR) is 102 cm³/mol. The molecule has 130 valence electrons. The van der Waals surface area contributed by atoms with Gasteiger partial charge < -0.3 is 9.30 Å². The van der Waals surface area contributed by atoms with Crippen molar-refractivity contribution in [3.63, 3.8) is 0 Å². The van der Waals surface area contributed by atoms with E-state index < -0.39 is 0 Å². The van der Waals surface area contributed by atoms with E-state index in [1.165, 1.54) is 21.3 Å². The molecule has 0 bridgehead atoms. The molecule has 0 unspecified atom stereocenters. The third kappa shape index (κ3) is 3.37. The third-order valence-electron chi connectivity index (χ3n) is 4.15. The van der Waals surface area contributed by atoms with Crippen molar-refractivity contribution in [2.75, 3.05) is 6.61 Å². The van der Waals surface area contributed by atoms with Gasteiger partial charge in [0, 0.05) is 12.1 Å². The van der Waals surface area contributed by atoms with E-state index in [0.717, 1.165) is 17.1 Å². The van der Waals surface area contributed by atoms with Crippen LogP contribution in [-0.4, -0.2) is 17.1 Å². The summed E-state index contributed by atoms with van der Waals surface area (Å²) >= 11 is 1.57. The third-order valence-corrected chi connectivity index (χ3v) is 5.36. The summed E-state index contributed by atoms with van der Waals surface area (Å²) in [5.41, 5.74) is 4.15. The van der Waals surface area contributed by atoms with Crippen LogP contribution < -0.4 is 9.54 Å². The van der Waals surface area contributed by atoms with Crippen LogP contribution in [0.25, 0.3) is 10.2 Å². The highest BCUT2D eigenvalue weighted by Crippen LogP contribution is 2.25. The molecule has 1 aromatic heterocycles. The number of ether oxygens (including phenoxy) is 1. The number of hydrogen-bond acceptors (Lipinski definition) is 3. The monoisotopic (exact) mass is 354 g/mol. The average Bonchev–Trinajstić information content (AvgIpc) is 2.98. The molecule has 0 atom stereocenters. The van der Waals surface area contributed by atoms with E-state index in [9.17, 15) is 4.79 Å². The number of thiazole rings is 1. The average molecular weight is 354 g/mol. The van der Waals surface area contributed by atoms with Gasteiger partial charge in [0.1, 0.15) is 5.75 Å². The van der Waals surface area contributed by atoms with E-state index in [0.29, 0.717) is 12.2 Å². The molecule has 0 aliphatic carbocycles. The molecule has 4 nitrogen and oxygen atoms in total. The van der Waals surface area contributed by atoms with Crippen molar-refractivity contribution in [1.82, 2.24) is 4.57 Å². The Morgan fingerprint density at radius 3 is 2.40 bits per heavy atom. The Hall–Kier alpha value is -2.40. The topological polar surface area (TPSA) is 43.6 Å². The van der Waals surface area contributed by atoms with Crippen molar-refractivity contribution < 1.29 is 9.53 Å². The number of amides is 1. The first-order valence-electron chi connectivity index (χ1n) is 8.46. The number of benzene rings is 2. The molecule has 0 aliphatic rings. The number of hydrogen-bond donors (Lipinski definition) is 0. The predicted octanol–water partition coefficient (Wildman–Crippen LogP) is 4.48. The number of fused-ring (bicyclic) bond motifs is 1. The lowest BCUT2D eigenvalue weighted by molar-refractivity contribution is 0.0998. The first-order chi connectivity index (χ1) is 12.0. The number of carbonyl (C=O) groups excluding carboxylic acids is 1. The van der Waals surface area contributed by atoms with Crippen LogP contribution in [0.1, 0.15) is 35.3 Å². The fourth-order valence-electron chi connectivity index (χ4n) is 2.87. The maximum Gasteiger partial charge on any atom is 0.279 e. The zero-order valence-electron chi connectivity index (χ0n) is 15.0. The van der Waals surface area contributed by atoms with E-state index in [1.807, 2.05) is 6.92 Å². The van der Waals surface area contributed by atoms with Gasteiger partial charge in [0.2, 0.25) is 0 Å². The molecule has 0 N–H and O–H groups in total. The fourth-order valence-corrected chi connectivity index (χ4v) is 4.10. The SMILES string of the molecule is CCOc1ccc(C(=O)N=c2sc3c(C)ccc(C)c3n2CC)cc1. The second kappa shape index (κ2) is 7.23. The fraction of sp³-hybridized carbons (Fsp3) is 0.300. The molecule has 3 aromatic rings. The lowest BCUT2D eigenvalue weighted by Gasteiger charge is -2.05. The molecule has 1 amide bonds. The van der Waals surface area contributed by atoms with E-state index in [2.05, 4.69) is 42.5 Å². The van der Waals surface area contributed by atoms with Gasteiger partial charge in [-0.2, -0.15) is 4.99 Å². The van der Waals surface area contributed by atoms with E-state index >= 15 is 0 Å². The van der Waals surface area contributed by atoms with Gasteiger partial charge in [-0.15, -0.1) is 0 Å². The van der Waals surface area contributed by atoms with Gasteiger partial charge >= 0.3 is 0 Å². The van der Waals surface area contributed by atoms with Crippen molar-refractivity contribution >= 4 is 27.5 Å². The number of aromatic nitrogens is 1. The first kappa shape index (κ1) is 17.4. The van der Waals surface area contributed by atoms with Gasteiger partial charge in [-0.25, -0.2) is 0 Å². The van der Waals surface area contributed by atoms with Gasteiger partial charge in [0.15, 0.2) is 4.80 Å². The van der Waals surface area contributed by atoms with Gasteiger partial charge in [-0.1, -0.05) is 23.5 Å². The molecule has 0 spiro atoms. The summed E-state index contributed by atoms with van der Waals surface area (Å²) in [4.78, 5) is 17.7. The Kier molecular flexibility index (Phi) is 5.04. The van der Waals surface area contributed by atoms with Crippen LogP contribution in [0.2, 0.25) is 0 Å². The largest absolute Gasteiger partial charge is 0.494 e. The molecular formula is C20H22N2O2S. The molecule has 5 heteroatoms. The van der Waals surface area contributed by atoms with Crippen LogP contribution in [0.5, 0.6) is 5.75 Å². The molecule has 3 rings (SSSR count). The molecule has 0 fully saturated rings. The molecule has 25 heavy (non-hydrogen) atoms. The highest BCUT2D eigenvalue weighted by atomic mass is 32.1. The van der Waals surface area contributed by atoms with Gasteiger partial charge in [-0.3, -0.25) is 4.79 Å². The summed E-state index contributed by atoms with van der Waals surface area (Å²) < 4.78 is 8.73. The normalized spacial score (nSPS) is 11.9. The van der Waals surface area contributed by atoms with E-state index in [1.54, 1.807) is 35.6 Å². The number of nitrogens with zero attached hydrogens (tertiary/aromatic N) is 2. The van der Waals surface area contributed by atoms with Crippen molar-refractivity contribution in [2.24, 2.45) is 4.99 Å². The van der Waals surface area contributed by atoms with Gasteiger partial charge in [0.05, 0.1) is 16.8 Å². The smallest absolute Gasteiger partial charge is 0.279 e. The molecule has 0 aliphatic heterocycles. The van der Waals surface area contributed by atoms with Gasteiger partial charge in [0.25, 0.3) is 5.91 Å². The maximum absolute atomic E-state index is 12.6. The summed E-state index contributed by atoms with van der Waals surface area (Å²) in [5.74, 6) is 0.530. The quantitative estimate of drug-likeness (QED) is 0.693. The highest BCUT2D eigenvalue weighted by Gasteiger charge is 2.11. The Morgan fingerprint density at radius 1 is 1.08 bits per heavy atom. The van der Waals surface area contributed by atoms with Crippen molar-refractivity contribution in [2.45, 2.75) is 34.2 Å². The Morgan fingerprint density at radius 2 is 1.76 bits per heavy atom. The van der Waals surface area contributed by atoms with Crippen molar-refractivity contribution in [3.05, 3.63) is 57.9 Å². The van der Waals surface area contributed by atoms with Crippen LogP contribution in [-0.2, 0) is 6.54 Å². The number of aryl methyl sites for hydroxylation is 3. The summed E-state index contributed by atoms with van der Waals surface area (Å²) in [6.45, 7) is 9.58. The summed E-state index contributed by atoms with van der Waals surface area (Å²) in [5, 5.41) is 0. The van der Waals surface area contributed by atoms with Crippen LogP contribution >= 0.6 is 11.3 Å². The minimum atomic E-state index is -0.230. The van der Waals surface area contributed by atoms with Crippen LogP contribution in [0.4, 0.5) is 0 Å². The summed E-state index contributed by atoms with van der Waals surface area (Å²) in [7, 11) is 0. The summed E-state index contributed by atoms with van der Waals surface area (Å²) in [6.07, 6.45) is 0. The van der Waals surface area contributed by atoms with Crippen LogP contribution in [0.3, 0.4) is 0 Å². The molecule has 2 aromatic carbocycles. The Bertz CT molecular complexity index is 981. The molecule has 0 saturated carbocycles. The van der Waals surface area contributed by atoms with Crippen LogP contribution in [0, 0.1) is 13.8 Å². The van der Waals surface area contributed by atoms with Gasteiger partial charge in [-0.05, 0) is 63.1 Å². The Balaban J connectivity index is 2.07. The summed E-state index contributed by atoms with van der Waals surface area (Å²) in [6, 6.07) is 11.4. The minimum absolute atomic E-state index is 0.230.